The zero-order valence-electron chi connectivity index (χ0n) is 13.7. The first-order chi connectivity index (χ1) is 9.77. The Hall–Kier alpha value is -2.09. The predicted octanol–water partition coefficient (Wildman–Crippen LogP) is 4.35. The Bertz CT molecular complexity index is 713. The molecule has 2 N–H and O–H groups in total. The molecule has 0 bridgehead atoms. The van der Waals surface area contributed by atoms with Gasteiger partial charge in [-0.1, -0.05) is 12.1 Å². The van der Waals surface area contributed by atoms with Gasteiger partial charge in [-0.2, -0.15) is 0 Å². The molecule has 0 atom stereocenters. The van der Waals surface area contributed by atoms with E-state index in [-0.39, 0.29) is 5.78 Å². The fraction of sp³-hybridized carbons (Fsp3) is 0.316. The van der Waals surface area contributed by atoms with E-state index in [0.717, 1.165) is 22.3 Å². The van der Waals surface area contributed by atoms with Crippen LogP contribution in [0.1, 0.15) is 49.3 Å². The maximum absolute atomic E-state index is 13.0. The number of nitrogen functional groups attached to an aromatic ring is 1. The van der Waals surface area contributed by atoms with Crippen molar-refractivity contribution < 1.29 is 4.79 Å². The minimum absolute atomic E-state index is 0.0254. The van der Waals surface area contributed by atoms with Crippen molar-refractivity contribution in [2.45, 2.75) is 41.5 Å². The van der Waals surface area contributed by atoms with Gasteiger partial charge in [-0.25, -0.2) is 0 Å². The van der Waals surface area contributed by atoms with Crippen LogP contribution in [0.25, 0.3) is 0 Å². The Morgan fingerprint density at radius 1 is 0.810 bits per heavy atom. The molecule has 0 fully saturated rings. The largest absolute Gasteiger partial charge is 0.398 e. The van der Waals surface area contributed by atoms with Gasteiger partial charge in [0.05, 0.1) is 0 Å². The van der Waals surface area contributed by atoms with Crippen molar-refractivity contribution in [3.05, 3.63) is 62.7 Å². The molecule has 0 amide bonds. The van der Waals surface area contributed by atoms with E-state index in [1.165, 1.54) is 16.7 Å². The average Bonchev–Trinajstić information content (AvgIpc) is 2.46. The van der Waals surface area contributed by atoms with Crippen LogP contribution in [-0.4, -0.2) is 5.78 Å². The van der Waals surface area contributed by atoms with E-state index < -0.39 is 0 Å². The molecule has 2 aromatic rings. The van der Waals surface area contributed by atoms with Gasteiger partial charge in [-0.15, -0.1) is 0 Å². The topological polar surface area (TPSA) is 43.1 Å². The highest BCUT2D eigenvalue weighted by molar-refractivity contribution is 6.14. The van der Waals surface area contributed by atoms with Gasteiger partial charge >= 0.3 is 0 Å². The highest BCUT2D eigenvalue weighted by atomic mass is 16.1. The predicted molar refractivity (Wildman–Crippen MR) is 89.2 cm³/mol. The Morgan fingerprint density at radius 2 is 1.29 bits per heavy atom. The fourth-order valence-electron chi connectivity index (χ4n) is 2.85. The summed E-state index contributed by atoms with van der Waals surface area (Å²) in [7, 11) is 0. The van der Waals surface area contributed by atoms with Crippen molar-refractivity contribution in [3.63, 3.8) is 0 Å². The molecule has 0 heterocycles. The van der Waals surface area contributed by atoms with Crippen LogP contribution in [0.3, 0.4) is 0 Å². The van der Waals surface area contributed by atoms with E-state index in [1.54, 1.807) is 0 Å². The van der Waals surface area contributed by atoms with Crippen LogP contribution in [0.4, 0.5) is 5.69 Å². The van der Waals surface area contributed by atoms with Crippen LogP contribution in [0.2, 0.25) is 0 Å². The molecular weight excluding hydrogens is 258 g/mol. The third kappa shape index (κ3) is 2.35. The molecule has 0 spiro atoms. The third-order valence-corrected chi connectivity index (χ3v) is 4.80. The fourth-order valence-corrected chi connectivity index (χ4v) is 2.85. The molecule has 21 heavy (non-hydrogen) atoms. The van der Waals surface area contributed by atoms with Gasteiger partial charge in [-0.05, 0) is 81.0 Å². The summed E-state index contributed by atoms with van der Waals surface area (Å²) >= 11 is 0. The molecule has 0 aliphatic rings. The van der Waals surface area contributed by atoms with Crippen molar-refractivity contribution in [1.29, 1.82) is 0 Å². The molecule has 0 saturated carbocycles. The lowest BCUT2D eigenvalue weighted by molar-refractivity contribution is 0.103. The van der Waals surface area contributed by atoms with Crippen molar-refractivity contribution in [2.24, 2.45) is 0 Å². The van der Waals surface area contributed by atoms with Gasteiger partial charge in [0.2, 0.25) is 0 Å². The number of carbonyl (C=O) groups excluding carboxylic acids is 1. The normalized spacial score (nSPS) is 10.8. The molecule has 2 heteroatoms. The summed E-state index contributed by atoms with van der Waals surface area (Å²) in [6.45, 7) is 12.2. The van der Waals surface area contributed by atoms with E-state index >= 15 is 0 Å². The summed E-state index contributed by atoms with van der Waals surface area (Å²) in [6, 6.07) is 5.63. The Balaban J connectivity index is 2.73. The number of aryl methyl sites for hydroxylation is 1. The zero-order valence-corrected chi connectivity index (χ0v) is 13.7. The molecule has 2 aromatic carbocycles. The highest BCUT2D eigenvalue weighted by Gasteiger charge is 2.21. The van der Waals surface area contributed by atoms with Gasteiger partial charge in [0, 0.05) is 16.8 Å². The second kappa shape index (κ2) is 5.36. The quantitative estimate of drug-likeness (QED) is 0.657. The molecule has 0 unspecified atom stereocenters. The maximum atomic E-state index is 13.0. The Kier molecular flexibility index (Phi) is 3.91. The number of anilines is 1. The highest BCUT2D eigenvalue weighted by Crippen LogP contribution is 2.29. The summed E-state index contributed by atoms with van der Waals surface area (Å²) in [6.07, 6.45) is 0. The lowest BCUT2D eigenvalue weighted by Crippen LogP contribution is -2.12. The van der Waals surface area contributed by atoms with Crippen molar-refractivity contribution in [1.82, 2.24) is 0 Å². The minimum atomic E-state index is 0.0254. The number of hydrogen-bond acceptors (Lipinski definition) is 2. The molecule has 0 aliphatic heterocycles. The van der Waals surface area contributed by atoms with Crippen LogP contribution < -0.4 is 5.73 Å². The van der Waals surface area contributed by atoms with Gasteiger partial charge in [0.15, 0.2) is 5.78 Å². The molecule has 2 nitrogen and oxygen atoms in total. The molecular formula is C19H23NO. The summed E-state index contributed by atoms with van der Waals surface area (Å²) in [5.74, 6) is 0.0254. The lowest BCUT2D eigenvalue weighted by atomic mass is 9.85. The summed E-state index contributed by atoms with van der Waals surface area (Å²) < 4.78 is 0. The monoisotopic (exact) mass is 281 g/mol. The first kappa shape index (κ1) is 15.3. The SMILES string of the molecule is Cc1cccc(C(=O)c2c(C)c(C)c(C)c(C)c2C)c1N. The second-order valence-corrected chi connectivity index (χ2v) is 5.87. The van der Waals surface area contributed by atoms with Gasteiger partial charge < -0.3 is 5.73 Å². The Morgan fingerprint density at radius 3 is 1.81 bits per heavy atom. The first-order valence-corrected chi connectivity index (χ1v) is 7.24. The smallest absolute Gasteiger partial charge is 0.195 e. The van der Waals surface area contributed by atoms with E-state index in [9.17, 15) is 4.79 Å². The molecule has 0 aromatic heterocycles. The summed E-state index contributed by atoms with van der Waals surface area (Å²) in [5.41, 5.74) is 14.8. The summed E-state index contributed by atoms with van der Waals surface area (Å²) in [4.78, 5) is 13.0. The van der Waals surface area contributed by atoms with Crippen LogP contribution in [-0.2, 0) is 0 Å². The third-order valence-electron chi connectivity index (χ3n) is 4.80. The molecule has 110 valence electrons. The Labute approximate surface area is 127 Å². The maximum Gasteiger partial charge on any atom is 0.195 e. The van der Waals surface area contributed by atoms with E-state index in [2.05, 4.69) is 20.8 Å². The standard InChI is InChI=1S/C19H23NO/c1-10-8-7-9-16(18(10)20)19(21)17-14(5)12(3)11(2)13(4)15(17)6/h7-9H,20H2,1-6H3. The van der Waals surface area contributed by atoms with Gasteiger partial charge in [-0.3, -0.25) is 4.79 Å². The van der Waals surface area contributed by atoms with Gasteiger partial charge in [0.25, 0.3) is 0 Å². The van der Waals surface area contributed by atoms with Crippen LogP contribution in [0.15, 0.2) is 18.2 Å². The number of hydrogen-bond donors (Lipinski definition) is 1. The summed E-state index contributed by atoms with van der Waals surface area (Å²) in [5, 5.41) is 0. The van der Waals surface area contributed by atoms with Crippen LogP contribution >= 0.6 is 0 Å². The second-order valence-electron chi connectivity index (χ2n) is 5.87. The van der Waals surface area contributed by atoms with E-state index in [1.807, 2.05) is 39.0 Å². The number of nitrogens with two attached hydrogens (primary N) is 1. The molecule has 2 rings (SSSR count). The number of rotatable bonds is 2. The zero-order chi connectivity index (χ0) is 15.9. The van der Waals surface area contributed by atoms with Crippen molar-refractivity contribution >= 4 is 11.5 Å². The van der Waals surface area contributed by atoms with Crippen molar-refractivity contribution in [2.75, 3.05) is 5.73 Å². The number of ketones is 1. The van der Waals surface area contributed by atoms with Crippen LogP contribution in [0.5, 0.6) is 0 Å². The number of para-hydroxylation sites is 1. The van der Waals surface area contributed by atoms with Crippen molar-refractivity contribution in [3.8, 4) is 0 Å². The molecule has 0 aliphatic carbocycles. The number of carbonyl (C=O) groups is 1. The molecule has 0 saturated heterocycles. The average molecular weight is 281 g/mol. The van der Waals surface area contributed by atoms with Gasteiger partial charge in [0.1, 0.15) is 0 Å². The number of benzene rings is 2. The first-order valence-electron chi connectivity index (χ1n) is 7.24. The van der Waals surface area contributed by atoms with E-state index in [0.29, 0.717) is 11.3 Å². The van der Waals surface area contributed by atoms with E-state index in [4.69, 9.17) is 5.73 Å². The van der Waals surface area contributed by atoms with Crippen LogP contribution in [0, 0.1) is 41.5 Å². The lowest BCUT2D eigenvalue weighted by Gasteiger charge is -2.18. The minimum Gasteiger partial charge on any atom is -0.398 e. The molecule has 0 radical (unpaired) electrons.